The first-order valence-corrected chi connectivity index (χ1v) is 10.1. The molecule has 0 aliphatic carbocycles. The van der Waals surface area contributed by atoms with Crippen LogP contribution in [0.2, 0.25) is 5.02 Å². The van der Waals surface area contributed by atoms with Crippen LogP contribution in [-0.4, -0.2) is 34.5 Å². The number of hydrogen-bond acceptors (Lipinski definition) is 4. The number of hydrogen-bond donors (Lipinski definition) is 1. The van der Waals surface area contributed by atoms with Gasteiger partial charge >= 0.3 is 5.97 Å². The number of benzene rings is 1. The van der Waals surface area contributed by atoms with Gasteiger partial charge in [-0.3, -0.25) is 4.79 Å². The molecule has 156 valence electrons. The standard InChI is InChI=1S/C22H26ClNO5/c1-13(2)28-7-6-20(22(26)27)24-11-16-12-29-14(3)8-15-4-5-17(23)9-18(15)19(16)10-21(24)25/h4-5,9-11,13-14,20H,6-8,12H2,1-3H3,(H,26,27)/t14-,20?/m1/s1. The van der Waals surface area contributed by atoms with Gasteiger partial charge in [-0.25, -0.2) is 4.79 Å². The Labute approximate surface area is 175 Å². The molecule has 2 heterocycles. The van der Waals surface area contributed by atoms with Gasteiger partial charge in [0.15, 0.2) is 0 Å². The predicted molar refractivity (Wildman–Crippen MR) is 111 cm³/mol. The highest BCUT2D eigenvalue weighted by molar-refractivity contribution is 6.30. The van der Waals surface area contributed by atoms with Crippen LogP contribution >= 0.6 is 11.6 Å². The lowest BCUT2D eigenvalue weighted by molar-refractivity contribution is -0.141. The van der Waals surface area contributed by atoms with E-state index in [9.17, 15) is 14.7 Å². The van der Waals surface area contributed by atoms with Gasteiger partial charge in [-0.15, -0.1) is 0 Å². The Hall–Kier alpha value is -2.15. The summed E-state index contributed by atoms with van der Waals surface area (Å²) in [6, 6.07) is 6.10. The van der Waals surface area contributed by atoms with Gasteiger partial charge in [0.25, 0.3) is 5.56 Å². The van der Waals surface area contributed by atoms with Crippen LogP contribution in [-0.2, 0) is 27.3 Å². The number of pyridine rings is 1. The summed E-state index contributed by atoms with van der Waals surface area (Å²) in [5.74, 6) is -1.07. The normalized spacial score (nSPS) is 17.2. The number of carbonyl (C=O) groups is 1. The third-order valence-electron chi connectivity index (χ3n) is 5.02. The van der Waals surface area contributed by atoms with Crippen LogP contribution in [0.1, 0.15) is 44.4 Å². The monoisotopic (exact) mass is 419 g/mol. The summed E-state index contributed by atoms with van der Waals surface area (Å²) in [4.78, 5) is 24.7. The van der Waals surface area contributed by atoms with Crippen LogP contribution in [0.25, 0.3) is 11.1 Å². The lowest BCUT2D eigenvalue weighted by Crippen LogP contribution is -2.31. The summed E-state index contributed by atoms with van der Waals surface area (Å²) in [5.41, 5.74) is 3.05. The van der Waals surface area contributed by atoms with Crippen molar-refractivity contribution in [2.75, 3.05) is 6.61 Å². The number of halogens is 1. The zero-order chi connectivity index (χ0) is 21.1. The highest BCUT2D eigenvalue weighted by atomic mass is 35.5. The van der Waals surface area contributed by atoms with Gasteiger partial charge in [-0.1, -0.05) is 17.7 Å². The van der Waals surface area contributed by atoms with Crippen molar-refractivity contribution in [2.45, 2.75) is 58.5 Å². The molecule has 29 heavy (non-hydrogen) atoms. The maximum absolute atomic E-state index is 12.9. The molecule has 2 atom stereocenters. The minimum Gasteiger partial charge on any atom is -0.480 e. The Morgan fingerprint density at radius 2 is 2.03 bits per heavy atom. The summed E-state index contributed by atoms with van der Waals surface area (Å²) in [6.07, 6.45) is 2.49. The van der Waals surface area contributed by atoms with Crippen molar-refractivity contribution in [3.63, 3.8) is 0 Å². The number of nitrogens with zero attached hydrogens (tertiary/aromatic N) is 1. The fourth-order valence-electron chi connectivity index (χ4n) is 3.58. The lowest BCUT2D eigenvalue weighted by Gasteiger charge is -2.24. The van der Waals surface area contributed by atoms with Crippen molar-refractivity contribution in [3.05, 3.63) is 57.0 Å². The van der Waals surface area contributed by atoms with E-state index >= 15 is 0 Å². The Kier molecular flexibility index (Phi) is 6.77. The van der Waals surface area contributed by atoms with Gasteiger partial charge in [-0.05, 0) is 56.0 Å². The Balaban J connectivity index is 2.06. The Bertz CT molecular complexity index is 953. The van der Waals surface area contributed by atoms with Crippen molar-refractivity contribution in [3.8, 4) is 11.1 Å². The maximum Gasteiger partial charge on any atom is 0.326 e. The third kappa shape index (κ3) is 5.07. The van der Waals surface area contributed by atoms with Crippen molar-refractivity contribution in [2.24, 2.45) is 0 Å². The van der Waals surface area contributed by atoms with Gasteiger partial charge in [0.1, 0.15) is 6.04 Å². The Morgan fingerprint density at radius 1 is 1.31 bits per heavy atom. The number of rotatable bonds is 6. The first-order valence-electron chi connectivity index (χ1n) is 9.76. The highest BCUT2D eigenvalue weighted by Crippen LogP contribution is 2.33. The molecule has 6 nitrogen and oxygen atoms in total. The van der Waals surface area contributed by atoms with E-state index in [0.29, 0.717) is 11.4 Å². The smallest absolute Gasteiger partial charge is 0.326 e. The van der Waals surface area contributed by atoms with Crippen LogP contribution in [0.3, 0.4) is 0 Å². The molecule has 7 heteroatoms. The summed E-state index contributed by atoms with van der Waals surface area (Å²) in [5, 5.41) is 10.3. The summed E-state index contributed by atoms with van der Waals surface area (Å²) in [6.45, 7) is 6.30. The molecule has 1 aromatic carbocycles. The van der Waals surface area contributed by atoms with Crippen LogP contribution in [0.4, 0.5) is 0 Å². The average molecular weight is 420 g/mol. The molecule has 0 amide bonds. The van der Waals surface area contributed by atoms with E-state index in [1.165, 1.54) is 10.6 Å². The highest BCUT2D eigenvalue weighted by Gasteiger charge is 2.24. The zero-order valence-electron chi connectivity index (χ0n) is 16.9. The van der Waals surface area contributed by atoms with Crippen molar-refractivity contribution < 1.29 is 19.4 Å². The average Bonchev–Trinajstić information content (AvgIpc) is 2.64. The van der Waals surface area contributed by atoms with E-state index in [-0.39, 0.29) is 37.4 Å². The van der Waals surface area contributed by atoms with Crippen LogP contribution in [0.5, 0.6) is 0 Å². The molecule has 0 saturated heterocycles. The molecule has 1 aromatic heterocycles. The molecule has 0 spiro atoms. The van der Waals surface area contributed by atoms with Gasteiger partial charge in [0.05, 0.1) is 18.8 Å². The number of carboxylic acid groups (broad SMARTS) is 1. The van der Waals surface area contributed by atoms with Gasteiger partial charge < -0.3 is 19.1 Å². The number of carboxylic acids is 1. The second-order valence-corrected chi connectivity index (χ2v) is 8.08. The molecule has 1 aliphatic rings. The number of fused-ring (bicyclic) bond motifs is 3. The molecule has 0 bridgehead atoms. The largest absolute Gasteiger partial charge is 0.480 e. The third-order valence-corrected chi connectivity index (χ3v) is 5.25. The fourth-order valence-corrected chi connectivity index (χ4v) is 3.75. The summed E-state index contributed by atoms with van der Waals surface area (Å²) < 4.78 is 12.7. The van der Waals surface area contributed by atoms with Gasteiger partial charge in [0.2, 0.25) is 0 Å². The fraction of sp³-hybridized carbons (Fsp3) is 0.455. The van der Waals surface area contributed by atoms with E-state index in [2.05, 4.69) is 0 Å². The minimum atomic E-state index is -1.07. The maximum atomic E-state index is 12.9. The summed E-state index contributed by atoms with van der Waals surface area (Å²) in [7, 11) is 0. The topological polar surface area (TPSA) is 77.8 Å². The lowest BCUT2D eigenvalue weighted by atomic mass is 9.92. The molecule has 2 aromatic rings. The Morgan fingerprint density at radius 3 is 2.72 bits per heavy atom. The molecule has 1 unspecified atom stereocenters. The number of ether oxygens (including phenoxy) is 2. The molecule has 0 radical (unpaired) electrons. The van der Waals surface area contributed by atoms with E-state index < -0.39 is 12.0 Å². The van der Waals surface area contributed by atoms with Crippen LogP contribution in [0.15, 0.2) is 35.3 Å². The molecular weight excluding hydrogens is 394 g/mol. The van der Waals surface area contributed by atoms with Crippen LogP contribution in [0, 0.1) is 0 Å². The van der Waals surface area contributed by atoms with Crippen molar-refractivity contribution in [1.29, 1.82) is 0 Å². The first kappa shape index (κ1) is 21.6. The second-order valence-electron chi connectivity index (χ2n) is 7.65. The second kappa shape index (κ2) is 9.11. The molecule has 1 N–H and O–H groups in total. The van der Waals surface area contributed by atoms with Crippen molar-refractivity contribution >= 4 is 17.6 Å². The van der Waals surface area contributed by atoms with E-state index in [1.54, 1.807) is 6.20 Å². The van der Waals surface area contributed by atoms with E-state index in [4.69, 9.17) is 21.1 Å². The first-order chi connectivity index (χ1) is 13.8. The molecule has 0 fully saturated rings. The molecule has 1 aliphatic heterocycles. The van der Waals surface area contributed by atoms with E-state index in [0.717, 1.165) is 22.3 Å². The number of aromatic nitrogens is 1. The molecular formula is C22H26ClNO5. The zero-order valence-corrected chi connectivity index (χ0v) is 17.6. The number of aliphatic carboxylic acids is 1. The molecule has 3 rings (SSSR count). The summed E-state index contributed by atoms with van der Waals surface area (Å²) >= 11 is 6.21. The van der Waals surface area contributed by atoms with Gasteiger partial charge in [0, 0.05) is 35.9 Å². The predicted octanol–water partition coefficient (Wildman–Crippen LogP) is 4.07. The van der Waals surface area contributed by atoms with Crippen molar-refractivity contribution in [1.82, 2.24) is 4.57 Å². The van der Waals surface area contributed by atoms with E-state index in [1.807, 2.05) is 39.0 Å². The minimum absolute atomic E-state index is 0.00639. The molecule has 0 saturated carbocycles. The van der Waals surface area contributed by atoms with Gasteiger partial charge in [-0.2, -0.15) is 0 Å². The van der Waals surface area contributed by atoms with Crippen LogP contribution < -0.4 is 5.56 Å². The SMILES string of the molecule is CC(C)OCCC(C(=O)O)n1cc2c(cc1=O)-c1cc(Cl)ccc1C[C@@H](C)OC2. The quantitative estimate of drug-likeness (QED) is 0.763.